The number of amides is 1. The predicted octanol–water partition coefficient (Wildman–Crippen LogP) is 3.15. The minimum atomic E-state index is -1.37. The van der Waals surface area contributed by atoms with Crippen molar-refractivity contribution in [3.8, 4) is 11.5 Å². The summed E-state index contributed by atoms with van der Waals surface area (Å²) in [7, 11) is 0. The van der Waals surface area contributed by atoms with E-state index in [0.717, 1.165) is 43.8 Å². The molecule has 5 fully saturated rings. The zero-order chi connectivity index (χ0) is 23.6. The second kappa shape index (κ2) is 8.23. The number of aromatic hydroxyl groups is 1. The first-order chi connectivity index (χ1) is 17.0. The second-order valence-corrected chi connectivity index (χ2v) is 11.7. The SMILES string of the molecule is Cl.Cl.O=C(Nc1ccccc1)[C@@H]1N[C@@]23CC[C@]1(O)[C@@H]1Oc4c(O)ccc5c4[C@@]12CCN(CC1CC1)[C@@H]3C5. The van der Waals surface area contributed by atoms with Gasteiger partial charge in [-0.1, -0.05) is 24.3 Å². The number of carbonyl (C=O) groups is 1. The maximum Gasteiger partial charge on any atom is 0.244 e. The van der Waals surface area contributed by atoms with Gasteiger partial charge in [0, 0.05) is 29.4 Å². The van der Waals surface area contributed by atoms with Crippen LogP contribution in [0.4, 0.5) is 5.69 Å². The van der Waals surface area contributed by atoms with Gasteiger partial charge in [-0.2, -0.15) is 0 Å². The van der Waals surface area contributed by atoms with Gasteiger partial charge in [-0.25, -0.2) is 0 Å². The summed E-state index contributed by atoms with van der Waals surface area (Å²) in [6.45, 7) is 2.05. The van der Waals surface area contributed by atoms with Crippen LogP contribution in [0.5, 0.6) is 11.5 Å². The van der Waals surface area contributed by atoms with Crippen LogP contribution in [0.2, 0.25) is 0 Å². The predicted molar refractivity (Wildman–Crippen MR) is 144 cm³/mol. The molecule has 7 nitrogen and oxygen atoms in total. The first-order valence-corrected chi connectivity index (χ1v) is 13.1. The molecule has 3 saturated heterocycles. The highest BCUT2D eigenvalue weighted by atomic mass is 35.5. The van der Waals surface area contributed by atoms with Crippen LogP contribution in [0.15, 0.2) is 42.5 Å². The molecule has 0 radical (unpaired) electrons. The maximum absolute atomic E-state index is 13.7. The van der Waals surface area contributed by atoms with E-state index in [0.29, 0.717) is 17.9 Å². The number of fused-ring (bicyclic) bond motifs is 2. The Morgan fingerprint density at radius 1 is 1.11 bits per heavy atom. The fraction of sp³-hybridized carbons (Fsp3) is 0.536. The van der Waals surface area contributed by atoms with Gasteiger partial charge < -0.3 is 20.3 Å². The molecule has 9 rings (SSSR count). The summed E-state index contributed by atoms with van der Waals surface area (Å²) in [6, 6.07) is 12.6. The Hall–Kier alpha value is -2.03. The van der Waals surface area contributed by atoms with Crippen molar-refractivity contribution >= 4 is 36.4 Å². The summed E-state index contributed by atoms with van der Waals surface area (Å²) in [6.07, 6.45) is 5.05. The van der Waals surface area contributed by atoms with Crippen LogP contribution in [-0.4, -0.2) is 63.4 Å². The zero-order valence-corrected chi connectivity index (χ0v) is 22.1. The number of hydrogen-bond donors (Lipinski definition) is 4. The first kappa shape index (κ1) is 25.3. The van der Waals surface area contributed by atoms with Crippen molar-refractivity contribution in [1.82, 2.24) is 10.2 Å². The molecule has 4 N–H and O–H groups in total. The lowest BCUT2D eigenvalue weighted by molar-refractivity contribution is -0.230. The highest BCUT2D eigenvalue weighted by molar-refractivity contribution is 5.96. The topological polar surface area (TPSA) is 94.1 Å². The van der Waals surface area contributed by atoms with Gasteiger partial charge in [0.2, 0.25) is 5.91 Å². The molecule has 6 atom stereocenters. The Morgan fingerprint density at radius 2 is 1.89 bits per heavy atom. The van der Waals surface area contributed by atoms with Crippen molar-refractivity contribution in [2.24, 2.45) is 5.92 Å². The number of benzene rings is 2. The Bertz CT molecular complexity index is 1260. The molecule has 2 aromatic carbocycles. The average molecular weight is 546 g/mol. The van der Waals surface area contributed by atoms with Gasteiger partial charge in [0.25, 0.3) is 0 Å². The zero-order valence-electron chi connectivity index (χ0n) is 20.5. The number of halogens is 2. The number of ether oxygens (including phenoxy) is 1. The maximum atomic E-state index is 13.7. The van der Waals surface area contributed by atoms with E-state index >= 15 is 0 Å². The molecule has 1 amide bonds. The summed E-state index contributed by atoms with van der Waals surface area (Å²) in [5, 5.41) is 29.9. The Labute approximate surface area is 228 Å². The summed E-state index contributed by atoms with van der Waals surface area (Å²) in [5.74, 6) is 1.20. The molecular weight excluding hydrogens is 513 g/mol. The number of phenolic OH excluding ortho intramolecular Hbond substituents is 1. The lowest BCUT2D eigenvalue weighted by atomic mass is 9.41. The summed E-state index contributed by atoms with van der Waals surface area (Å²) >= 11 is 0. The van der Waals surface area contributed by atoms with Gasteiger partial charge in [0.15, 0.2) is 11.5 Å². The van der Waals surface area contributed by atoms with Crippen molar-refractivity contribution in [2.45, 2.75) is 73.3 Å². The Balaban J connectivity index is 0.00000126. The number of likely N-dealkylation sites (tertiary alicyclic amines) is 1. The van der Waals surface area contributed by atoms with E-state index < -0.39 is 23.2 Å². The molecule has 4 heterocycles. The first-order valence-electron chi connectivity index (χ1n) is 13.1. The highest BCUT2D eigenvalue weighted by Crippen LogP contribution is 2.69. The van der Waals surface area contributed by atoms with E-state index in [1.54, 1.807) is 6.07 Å². The second-order valence-electron chi connectivity index (χ2n) is 11.7. The van der Waals surface area contributed by atoms with Gasteiger partial charge in [-0.15, -0.1) is 24.8 Å². The molecule has 2 saturated carbocycles. The molecule has 7 aliphatic rings. The van der Waals surface area contributed by atoms with E-state index in [4.69, 9.17) is 4.74 Å². The van der Waals surface area contributed by atoms with Crippen LogP contribution < -0.4 is 15.4 Å². The Kier molecular flexibility index (Phi) is 5.62. The van der Waals surface area contributed by atoms with Crippen molar-refractivity contribution in [1.29, 1.82) is 0 Å². The molecule has 2 aromatic rings. The standard InChI is InChI=1S/C28H31N3O4.2ClH/c32-19-9-8-17-14-20-28-11-10-27(34,23(30-28)24(33)29-18-4-2-1-3-5-18)25-26(28,21(17)22(19)35-25)12-13-31(20)15-16-6-7-16;;/h1-5,8-9,16,20,23,25,30,32,34H,6-7,10-15H2,(H,29,33);2*1H/t20-,23+,25-,26+,27-,28-;;/m1../s1. The third-order valence-electron chi connectivity index (χ3n) is 10.1. The van der Waals surface area contributed by atoms with Crippen molar-refractivity contribution < 1.29 is 19.7 Å². The summed E-state index contributed by atoms with van der Waals surface area (Å²) < 4.78 is 6.56. The van der Waals surface area contributed by atoms with Gasteiger partial charge in [0.05, 0.1) is 5.41 Å². The molecule has 4 bridgehead atoms. The molecule has 0 aromatic heterocycles. The summed E-state index contributed by atoms with van der Waals surface area (Å²) in [5.41, 5.74) is 0.808. The van der Waals surface area contributed by atoms with Crippen LogP contribution in [0.3, 0.4) is 0 Å². The molecule has 3 aliphatic carbocycles. The van der Waals surface area contributed by atoms with Gasteiger partial charge in [-0.3, -0.25) is 15.0 Å². The fourth-order valence-electron chi connectivity index (χ4n) is 8.57. The highest BCUT2D eigenvalue weighted by Gasteiger charge is 2.81. The molecule has 37 heavy (non-hydrogen) atoms. The molecule has 4 aliphatic heterocycles. The number of phenols is 1. The van der Waals surface area contributed by atoms with Crippen LogP contribution in [0, 0.1) is 5.92 Å². The minimum Gasteiger partial charge on any atom is -0.504 e. The lowest BCUT2D eigenvalue weighted by Gasteiger charge is -2.73. The van der Waals surface area contributed by atoms with E-state index in [1.807, 2.05) is 36.4 Å². The molecule has 2 spiro atoms. The smallest absolute Gasteiger partial charge is 0.244 e. The number of nitrogens with zero attached hydrogens (tertiary/aromatic N) is 1. The van der Waals surface area contributed by atoms with E-state index in [9.17, 15) is 15.0 Å². The number of carbonyl (C=O) groups excluding carboxylic acids is 1. The number of piperidine rings is 3. The van der Waals surface area contributed by atoms with Gasteiger partial charge in [0.1, 0.15) is 17.7 Å². The van der Waals surface area contributed by atoms with Crippen LogP contribution >= 0.6 is 24.8 Å². The largest absolute Gasteiger partial charge is 0.504 e. The monoisotopic (exact) mass is 545 g/mol. The normalized spacial score (nSPS) is 38.0. The lowest BCUT2D eigenvalue weighted by Crippen LogP contribution is -2.92. The average Bonchev–Trinajstić information content (AvgIpc) is 3.60. The van der Waals surface area contributed by atoms with E-state index in [1.165, 1.54) is 18.4 Å². The fourth-order valence-corrected chi connectivity index (χ4v) is 8.57. The quantitative estimate of drug-likeness (QED) is 0.471. The number of nitrogens with one attached hydrogen (secondary N) is 2. The Morgan fingerprint density at radius 3 is 2.65 bits per heavy atom. The molecular formula is C28H33Cl2N3O4. The number of para-hydroxylation sites is 1. The van der Waals surface area contributed by atoms with Crippen LogP contribution in [0.25, 0.3) is 0 Å². The number of rotatable bonds is 4. The van der Waals surface area contributed by atoms with E-state index in [2.05, 4.69) is 15.5 Å². The minimum absolute atomic E-state index is 0. The molecule has 0 unspecified atom stereocenters. The number of anilines is 1. The molecule has 9 heteroatoms. The number of aliphatic hydroxyl groups is 1. The van der Waals surface area contributed by atoms with Gasteiger partial charge in [-0.05, 0) is 74.8 Å². The van der Waals surface area contributed by atoms with Crippen LogP contribution in [0.1, 0.15) is 43.2 Å². The van der Waals surface area contributed by atoms with E-state index in [-0.39, 0.29) is 48.1 Å². The van der Waals surface area contributed by atoms with Crippen LogP contribution in [-0.2, 0) is 16.6 Å². The van der Waals surface area contributed by atoms with Crippen molar-refractivity contribution in [3.63, 3.8) is 0 Å². The van der Waals surface area contributed by atoms with Gasteiger partial charge >= 0.3 is 0 Å². The third-order valence-corrected chi connectivity index (χ3v) is 10.1. The number of hydrogen-bond acceptors (Lipinski definition) is 6. The van der Waals surface area contributed by atoms with Crippen molar-refractivity contribution in [3.05, 3.63) is 53.6 Å². The summed E-state index contributed by atoms with van der Waals surface area (Å²) in [4.78, 5) is 16.4. The third kappa shape index (κ3) is 3.03. The van der Waals surface area contributed by atoms with Crippen molar-refractivity contribution in [2.75, 3.05) is 18.4 Å². The molecule has 198 valence electrons.